The molecule has 0 aromatic rings. The van der Waals surface area contributed by atoms with E-state index in [9.17, 15) is 0 Å². The lowest BCUT2D eigenvalue weighted by Gasteiger charge is -2.44. The van der Waals surface area contributed by atoms with Crippen molar-refractivity contribution < 1.29 is 0 Å². The van der Waals surface area contributed by atoms with Gasteiger partial charge in [-0.2, -0.15) is 75.8 Å². The van der Waals surface area contributed by atoms with Gasteiger partial charge in [0.25, 0.3) is 0 Å². The number of hydrogen-bond donors (Lipinski definition) is 6. The first-order valence-corrected chi connectivity index (χ1v) is 22.6. The van der Waals surface area contributed by atoms with Gasteiger partial charge in [-0.3, -0.25) is 0 Å². The topological polar surface area (TPSA) is 0 Å². The Hall–Kier alpha value is 5.60. The number of hydrogen-bond acceptors (Lipinski definition) is 16. The minimum absolute atomic E-state index is 0.207. The summed E-state index contributed by atoms with van der Waals surface area (Å²) in [4.78, 5) is 0. The van der Waals surface area contributed by atoms with Gasteiger partial charge in [-0.25, -0.2) is 0 Å². The van der Waals surface area contributed by atoms with E-state index in [-0.39, 0.29) is 4.08 Å². The van der Waals surface area contributed by atoms with Crippen molar-refractivity contribution >= 4 is 193 Å². The Labute approximate surface area is 259 Å². The number of thiol groups is 6. The van der Waals surface area contributed by atoms with Gasteiger partial charge in [-0.15, -0.1) is 118 Å². The average molecular weight is 709 g/mol. The van der Waals surface area contributed by atoms with Gasteiger partial charge < -0.3 is 0 Å². The van der Waals surface area contributed by atoms with Gasteiger partial charge in [0.15, 0.2) is 0 Å². The molecule has 0 saturated carbocycles. The first-order valence-electron chi connectivity index (χ1n) is 8.40. The van der Waals surface area contributed by atoms with E-state index in [4.69, 9.17) is 12.6 Å². The van der Waals surface area contributed by atoms with Crippen LogP contribution in [0.1, 0.15) is 0 Å². The first kappa shape index (κ1) is 33.6. The van der Waals surface area contributed by atoms with Crippen molar-refractivity contribution in [2.24, 2.45) is 0 Å². The molecule has 1 aliphatic rings. The predicted octanol–water partition coefficient (Wildman–Crippen LogP) is 8.61. The van der Waals surface area contributed by atoms with Crippen LogP contribution in [0.15, 0.2) is 0 Å². The Kier molecular flexibility index (Phi) is 23.0. The maximum atomic E-state index is 4.90. The van der Waals surface area contributed by atoms with Gasteiger partial charge >= 0.3 is 0 Å². The molecule has 1 aliphatic heterocycles. The summed E-state index contributed by atoms with van der Waals surface area (Å²) in [5, 5.41) is 5.27. The van der Waals surface area contributed by atoms with Crippen LogP contribution in [0.4, 0.5) is 0 Å². The van der Waals surface area contributed by atoms with Crippen LogP contribution in [0.3, 0.4) is 0 Å². The van der Waals surface area contributed by atoms with Crippen LogP contribution in [0.25, 0.3) is 0 Å². The molecule has 1 saturated heterocycles. The van der Waals surface area contributed by atoms with Gasteiger partial charge in [0.05, 0.1) is 27.0 Å². The van der Waals surface area contributed by atoms with Crippen LogP contribution in [0, 0.1) is 0 Å². The maximum absolute atomic E-state index is 4.90. The minimum atomic E-state index is 0.207. The van der Waals surface area contributed by atoms with Crippen molar-refractivity contribution in [3.05, 3.63) is 0 Å². The Balaban J connectivity index is 2.98. The Morgan fingerprint density at radius 1 is 0.700 bits per heavy atom. The fraction of sp³-hybridized carbons (Fsp3) is 1.00. The summed E-state index contributed by atoms with van der Waals surface area (Å²) in [6.45, 7) is 0. The van der Waals surface area contributed by atoms with Crippen molar-refractivity contribution in [3.8, 4) is 0 Å². The summed E-state index contributed by atoms with van der Waals surface area (Å²) in [6.07, 6.45) is 2.17. The molecule has 0 bridgehead atoms. The van der Waals surface area contributed by atoms with E-state index in [0.29, 0.717) is 22.9 Å². The third-order valence-electron chi connectivity index (χ3n) is 3.56. The molecule has 16 heteroatoms. The molecule has 30 heavy (non-hydrogen) atoms. The van der Waals surface area contributed by atoms with Crippen molar-refractivity contribution in [1.82, 2.24) is 0 Å². The van der Waals surface area contributed by atoms with Gasteiger partial charge in [-0.1, -0.05) is 0 Å². The van der Waals surface area contributed by atoms with Crippen LogP contribution < -0.4 is 0 Å². The molecule has 0 spiro atoms. The number of rotatable bonds is 19. The van der Waals surface area contributed by atoms with E-state index in [1.165, 1.54) is 5.08 Å². The third kappa shape index (κ3) is 12.0. The zero-order chi connectivity index (χ0) is 22.4. The highest BCUT2D eigenvalue weighted by atomic mass is 32.3. The zero-order valence-electron chi connectivity index (χ0n) is 16.1. The normalized spacial score (nSPS) is 19.1. The largest absolute Gasteiger partial charge is 0.168 e. The maximum Gasteiger partial charge on any atom is 0.0924 e. The van der Waals surface area contributed by atoms with Gasteiger partial charge in [-0.05, 0) is 6.26 Å². The van der Waals surface area contributed by atoms with Gasteiger partial charge in [0.1, 0.15) is 0 Å². The van der Waals surface area contributed by atoms with E-state index >= 15 is 0 Å². The van der Waals surface area contributed by atoms with Gasteiger partial charge in [0.2, 0.25) is 0 Å². The van der Waals surface area contributed by atoms with Crippen molar-refractivity contribution in [2.75, 3.05) is 42.5 Å². The second-order valence-electron chi connectivity index (χ2n) is 5.21. The molecular formula is C14H28S16. The standard InChI is InChI=1S/C14H28S16/c1-21-13(20)14(28-8-29-14)2-22-11(9(23-3-15)24-4-16)30-12(27-7-19)10(25-5-17)26-6-18/h9-13,15-20H,2-8H2,1H3. The molecule has 0 amide bonds. The fourth-order valence-electron chi connectivity index (χ4n) is 2.16. The van der Waals surface area contributed by atoms with Gasteiger partial charge in [0, 0.05) is 36.3 Å². The lowest BCUT2D eigenvalue weighted by molar-refractivity contribution is 1.01. The number of thioether (sulfide) groups is 10. The average Bonchev–Trinajstić information content (AvgIpc) is 2.70. The molecule has 0 nitrogen and oxygen atoms in total. The summed E-state index contributed by atoms with van der Waals surface area (Å²) in [5.41, 5.74) is 0. The molecule has 180 valence electrons. The molecule has 1 rings (SSSR count). The Morgan fingerprint density at radius 3 is 1.43 bits per heavy atom. The van der Waals surface area contributed by atoms with E-state index in [2.05, 4.69) is 116 Å². The molecule has 1 heterocycles. The molecule has 0 N–H and O–H groups in total. The third-order valence-corrected chi connectivity index (χ3v) is 22.7. The van der Waals surface area contributed by atoms with Crippen LogP contribution >= 0.6 is 193 Å². The summed E-state index contributed by atoms with van der Waals surface area (Å²) >= 11 is 47.2. The summed E-state index contributed by atoms with van der Waals surface area (Å²) in [5.74, 6) is 1.11. The molecule has 0 aliphatic carbocycles. The fourth-order valence-corrected chi connectivity index (χ4v) is 21.2. The smallest absolute Gasteiger partial charge is 0.0924 e. The highest BCUT2D eigenvalue weighted by Gasteiger charge is 2.45. The molecule has 3 atom stereocenters. The quantitative estimate of drug-likeness (QED) is 0.0568. The summed E-state index contributed by atoms with van der Waals surface area (Å²) < 4.78 is 2.32. The Bertz CT molecular complexity index is 411. The van der Waals surface area contributed by atoms with E-state index in [1.807, 2.05) is 70.6 Å². The van der Waals surface area contributed by atoms with Crippen molar-refractivity contribution in [2.45, 2.75) is 27.0 Å². The SMILES string of the molecule is CSC(S)C1(CSC(SC(SCS)C(SCS)SCS)C(SCS)SCS)SCS1. The van der Waals surface area contributed by atoms with Crippen LogP contribution in [-0.4, -0.2) is 69.5 Å². The minimum Gasteiger partial charge on any atom is -0.168 e. The van der Waals surface area contributed by atoms with Crippen LogP contribution in [0.2, 0.25) is 0 Å². The first-order chi connectivity index (χ1) is 14.5. The lowest BCUT2D eigenvalue weighted by Crippen LogP contribution is -2.40. The second kappa shape index (κ2) is 20.5. The summed E-state index contributed by atoms with van der Waals surface area (Å²) in [7, 11) is 0. The van der Waals surface area contributed by atoms with Crippen LogP contribution in [-0.2, 0) is 0 Å². The molecular weight excluding hydrogens is 681 g/mol. The lowest BCUT2D eigenvalue weighted by atomic mass is 10.5. The molecule has 0 aromatic heterocycles. The zero-order valence-corrected chi connectivity index (χ0v) is 29.6. The molecule has 0 aromatic carbocycles. The van der Waals surface area contributed by atoms with E-state index in [1.54, 1.807) is 0 Å². The van der Waals surface area contributed by atoms with Crippen LogP contribution in [0.5, 0.6) is 0 Å². The van der Waals surface area contributed by atoms with E-state index < -0.39 is 0 Å². The molecule has 3 unspecified atom stereocenters. The van der Waals surface area contributed by atoms with Crippen molar-refractivity contribution in [3.63, 3.8) is 0 Å². The van der Waals surface area contributed by atoms with E-state index in [0.717, 1.165) is 31.2 Å². The predicted molar refractivity (Wildman–Crippen MR) is 191 cm³/mol. The highest BCUT2D eigenvalue weighted by Crippen LogP contribution is 2.59. The Morgan fingerprint density at radius 2 is 1.10 bits per heavy atom. The second-order valence-corrected chi connectivity index (χ2v) is 23.2. The molecule has 0 radical (unpaired) electrons. The van der Waals surface area contributed by atoms with Crippen molar-refractivity contribution in [1.29, 1.82) is 0 Å². The molecule has 1 fully saturated rings. The highest BCUT2D eigenvalue weighted by molar-refractivity contribution is 8.36. The monoisotopic (exact) mass is 708 g/mol. The summed E-state index contributed by atoms with van der Waals surface area (Å²) in [6, 6.07) is 0.